The summed E-state index contributed by atoms with van der Waals surface area (Å²) in [5.41, 5.74) is 0.926. The average Bonchev–Trinajstić information content (AvgIpc) is 2.47. The number of nitrogens with one attached hydrogen (secondary N) is 1. The first-order valence-electron chi connectivity index (χ1n) is 4.71. The van der Waals surface area contributed by atoms with E-state index in [1.165, 1.54) is 11.3 Å². The second-order valence-corrected chi connectivity index (χ2v) is 8.21. The van der Waals surface area contributed by atoms with E-state index in [1.807, 2.05) is 6.92 Å². The fraction of sp³-hybridized carbons (Fsp3) is 0.556. The normalized spacial score (nSPS) is 14.0. The van der Waals surface area contributed by atoms with Crippen LogP contribution in [-0.2, 0) is 10.0 Å². The Hall–Kier alpha value is 0.380. The van der Waals surface area contributed by atoms with Crippen LogP contribution in [0.3, 0.4) is 0 Å². The van der Waals surface area contributed by atoms with Gasteiger partial charge in [0, 0.05) is 11.9 Å². The van der Waals surface area contributed by atoms with Gasteiger partial charge >= 0.3 is 0 Å². The standard InChI is InChI=1S/C9H13BrClNO2S2/c1-6-5-8(15-9(6)10)16(13,14)12-7(2)3-4-11/h5,7,12H,3-4H2,1-2H3. The number of hydrogen-bond acceptors (Lipinski definition) is 3. The molecule has 0 aromatic carbocycles. The lowest BCUT2D eigenvalue weighted by molar-refractivity contribution is 0.558. The Morgan fingerprint density at radius 3 is 2.69 bits per heavy atom. The second-order valence-electron chi connectivity index (χ2n) is 3.52. The molecule has 1 aromatic heterocycles. The molecule has 0 saturated heterocycles. The van der Waals surface area contributed by atoms with Gasteiger partial charge in [-0.1, -0.05) is 0 Å². The van der Waals surface area contributed by atoms with Gasteiger partial charge in [0.15, 0.2) is 0 Å². The summed E-state index contributed by atoms with van der Waals surface area (Å²) in [4.78, 5) is 0. The Balaban J connectivity index is 2.86. The fourth-order valence-corrected chi connectivity index (χ4v) is 4.96. The Morgan fingerprint density at radius 2 is 2.25 bits per heavy atom. The van der Waals surface area contributed by atoms with Crippen molar-refractivity contribution in [2.24, 2.45) is 0 Å². The van der Waals surface area contributed by atoms with E-state index in [-0.39, 0.29) is 6.04 Å². The number of alkyl halides is 1. The molecule has 1 unspecified atom stereocenters. The van der Waals surface area contributed by atoms with Gasteiger partial charge in [-0.3, -0.25) is 0 Å². The maximum absolute atomic E-state index is 11.9. The molecule has 1 heterocycles. The third-order valence-corrected chi connectivity index (χ3v) is 6.42. The van der Waals surface area contributed by atoms with Crippen molar-refractivity contribution in [2.75, 3.05) is 5.88 Å². The summed E-state index contributed by atoms with van der Waals surface area (Å²) in [5.74, 6) is 0.441. The van der Waals surface area contributed by atoms with Crippen LogP contribution >= 0.6 is 38.9 Å². The minimum Gasteiger partial charge on any atom is -0.208 e. The largest absolute Gasteiger partial charge is 0.250 e. The number of sulfonamides is 1. The first-order chi connectivity index (χ1) is 7.36. The molecule has 0 spiro atoms. The van der Waals surface area contributed by atoms with Gasteiger partial charge in [-0.15, -0.1) is 22.9 Å². The molecule has 0 fully saturated rings. The van der Waals surface area contributed by atoms with Gasteiger partial charge in [0.1, 0.15) is 4.21 Å². The third-order valence-electron chi connectivity index (χ3n) is 2.00. The molecule has 3 nitrogen and oxygen atoms in total. The summed E-state index contributed by atoms with van der Waals surface area (Å²) in [6, 6.07) is 1.51. The van der Waals surface area contributed by atoms with Crippen molar-refractivity contribution in [3.8, 4) is 0 Å². The van der Waals surface area contributed by atoms with E-state index >= 15 is 0 Å². The highest BCUT2D eigenvalue weighted by Gasteiger charge is 2.20. The lowest BCUT2D eigenvalue weighted by Crippen LogP contribution is -2.32. The average molecular weight is 347 g/mol. The first kappa shape index (κ1) is 14.4. The first-order valence-corrected chi connectivity index (χ1v) is 8.33. The van der Waals surface area contributed by atoms with E-state index < -0.39 is 10.0 Å². The van der Waals surface area contributed by atoms with Crippen molar-refractivity contribution in [1.29, 1.82) is 0 Å². The molecule has 0 aliphatic heterocycles. The SMILES string of the molecule is Cc1cc(S(=O)(=O)NC(C)CCCl)sc1Br. The smallest absolute Gasteiger partial charge is 0.208 e. The molecule has 0 saturated carbocycles. The highest BCUT2D eigenvalue weighted by Crippen LogP contribution is 2.30. The molecular formula is C9H13BrClNO2S2. The minimum absolute atomic E-state index is 0.149. The summed E-state index contributed by atoms with van der Waals surface area (Å²) in [6.07, 6.45) is 0.617. The zero-order valence-corrected chi connectivity index (χ0v) is 12.9. The van der Waals surface area contributed by atoms with E-state index in [0.29, 0.717) is 16.5 Å². The van der Waals surface area contributed by atoms with E-state index in [2.05, 4.69) is 20.7 Å². The van der Waals surface area contributed by atoms with Crippen molar-refractivity contribution in [1.82, 2.24) is 4.72 Å². The molecule has 1 N–H and O–H groups in total. The van der Waals surface area contributed by atoms with Crippen molar-refractivity contribution < 1.29 is 8.42 Å². The number of rotatable bonds is 5. The maximum Gasteiger partial charge on any atom is 0.250 e. The molecule has 0 amide bonds. The van der Waals surface area contributed by atoms with Gasteiger partial charge in [0.05, 0.1) is 3.79 Å². The predicted octanol–water partition coefficient (Wildman–Crippen LogP) is 3.11. The molecule has 16 heavy (non-hydrogen) atoms. The van der Waals surface area contributed by atoms with E-state index in [1.54, 1.807) is 13.0 Å². The lowest BCUT2D eigenvalue weighted by Gasteiger charge is -2.11. The van der Waals surface area contributed by atoms with Crippen LogP contribution in [0.4, 0.5) is 0 Å². The summed E-state index contributed by atoms with van der Waals surface area (Å²) in [6.45, 7) is 3.66. The van der Waals surface area contributed by atoms with Gasteiger partial charge in [0.2, 0.25) is 10.0 Å². The van der Waals surface area contributed by atoms with E-state index in [4.69, 9.17) is 11.6 Å². The van der Waals surface area contributed by atoms with Crippen molar-refractivity contribution in [3.63, 3.8) is 0 Å². The highest BCUT2D eigenvalue weighted by atomic mass is 79.9. The van der Waals surface area contributed by atoms with Crippen LogP contribution in [0.1, 0.15) is 18.9 Å². The third kappa shape index (κ3) is 3.70. The fourth-order valence-electron chi connectivity index (χ4n) is 1.11. The summed E-state index contributed by atoms with van der Waals surface area (Å²) < 4.78 is 27.6. The molecule has 0 aliphatic carbocycles. The Labute approximate surface area is 113 Å². The quantitative estimate of drug-likeness (QED) is 0.833. The Morgan fingerprint density at radius 1 is 1.62 bits per heavy atom. The lowest BCUT2D eigenvalue weighted by atomic mass is 10.3. The summed E-state index contributed by atoms with van der Waals surface area (Å²) in [7, 11) is -3.40. The number of thiophene rings is 1. The minimum atomic E-state index is -3.40. The topological polar surface area (TPSA) is 46.2 Å². The van der Waals surface area contributed by atoms with Gasteiger partial charge in [-0.05, 0) is 47.8 Å². The predicted molar refractivity (Wildman–Crippen MR) is 71.9 cm³/mol. The molecule has 0 bridgehead atoms. The van der Waals surface area contributed by atoms with Crippen LogP contribution < -0.4 is 4.72 Å². The van der Waals surface area contributed by atoms with Crippen LogP contribution in [-0.4, -0.2) is 20.3 Å². The van der Waals surface area contributed by atoms with Gasteiger partial charge in [0.25, 0.3) is 0 Å². The van der Waals surface area contributed by atoms with Crippen LogP contribution in [0.2, 0.25) is 0 Å². The monoisotopic (exact) mass is 345 g/mol. The number of halogens is 2. The molecule has 92 valence electrons. The molecule has 1 aromatic rings. The van der Waals surface area contributed by atoms with Crippen molar-refractivity contribution in [3.05, 3.63) is 15.4 Å². The van der Waals surface area contributed by atoms with Crippen molar-refractivity contribution in [2.45, 2.75) is 30.5 Å². The molecule has 7 heteroatoms. The summed E-state index contributed by atoms with van der Waals surface area (Å²) >= 11 is 10.1. The Kier molecular flexibility index (Phi) is 5.25. The van der Waals surface area contributed by atoms with E-state index in [9.17, 15) is 8.42 Å². The Bertz CT molecular complexity index is 439. The maximum atomic E-state index is 11.9. The second kappa shape index (κ2) is 5.82. The van der Waals surface area contributed by atoms with Crippen LogP contribution in [0.25, 0.3) is 0 Å². The van der Waals surface area contributed by atoms with E-state index in [0.717, 1.165) is 9.35 Å². The summed E-state index contributed by atoms with van der Waals surface area (Å²) in [5, 5.41) is 0. The number of aryl methyl sites for hydroxylation is 1. The van der Waals surface area contributed by atoms with Crippen molar-refractivity contribution >= 4 is 48.9 Å². The van der Waals surface area contributed by atoms with Crippen LogP contribution in [0.5, 0.6) is 0 Å². The zero-order valence-electron chi connectivity index (χ0n) is 8.96. The number of hydrogen-bond donors (Lipinski definition) is 1. The van der Waals surface area contributed by atoms with Crippen LogP contribution in [0, 0.1) is 6.92 Å². The molecule has 0 aliphatic rings. The molecule has 1 atom stereocenters. The highest BCUT2D eigenvalue weighted by molar-refractivity contribution is 9.11. The molecule has 0 radical (unpaired) electrons. The molecular weight excluding hydrogens is 334 g/mol. The van der Waals surface area contributed by atoms with Gasteiger partial charge in [-0.25, -0.2) is 13.1 Å². The van der Waals surface area contributed by atoms with Gasteiger partial charge in [-0.2, -0.15) is 0 Å². The van der Waals surface area contributed by atoms with Gasteiger partial charge < -0.3 is 0 Å². The molecule has 1 rings (SSSR count). The zero-order chi connectivity index (χ0) is 12.3. The van der Waals surface area contributed by atoms with Crippen LogP contribution in [0.15, 0.2) is 14.1 Å².